The van der Waals surface area contributed by atoms with Crippen molar-refractivity contribution < 1.29 is 23.1 Å². The predicted molar refractivity (Wildman–Crippen MR) is 69.5 cm³/mol. The van der Waals surface area contributed by atoms with Crippen LogP contribution in [0.2, 0.25) is 0 Å². The minimum atomic E-state index is -3.84. The minimum Gasteiger partial charge on any atom is -0.481 e. The summed E-state index contributed by atoms with van der Waals surface area (Å²) in [5.41, 5.74) is 0.278. The fourth-order valence-corrected chi connectivity index (χ4v) is 2.31. The first-order valence-electron chi connectivity index (χ1n) is 5.69. The number of primary sulfonamides is 1. The second kappa shape index (κ2) is 5.10. The number of carbonyl (C=O) groups excluding carboxylic acids is 1. The summed E-state index contributed by atoms with van der Waals surface area (Å²) in [6, 6.07) is 5.04. The van der Waals surface area contributed by atoms with Crippen LogP contribution in [0.3, 0.4) is 0 Å². The summed E-state index contributed by atoms with van der Waals surface area (Å²) < 4.78 is 22.4. The van der Waals surface area contributed by atoms with Gasteiger partial charge in [0.1, 0.15) is 0 Å². The number of benzene rings is 1. The molecular weight excluding hydrogens is 286 g/mol. The van der Waals surface area contributed by atoms with Gasteiger partial charge in [0, 0.05) is 18.8 Å². The molecular formula is C11H13N3O5S. The highest BCUT2D eigenvalue weighted by atomic mass is 32.2. The monoisotopic (exact) mass is 299 g/mol. The molecule has 4 N–H and O–H groups in total. The Bertz CT molecular complexity index is 652. The number of nitrogens with one attached hydrogen (secondary N) is 1. The van der Waals surface area contributed by atoms with Gasteiger partial charge < -0.3 is 15.3 Å². The van der Waals surface area contributed by atoms with Crippen LogP contribution in [-0.2, 0) is 14.8 Å². The number of aliphatic carboxylic acids is 1. The number of amides is 2. The van der Waals surface area contributed by atoms with Gasteiger partial charge in [-0.3, -0.25) is 4.79 Å². The lowest BCUT2D eigenvalue weighted by molar-refractivity contribution is -0.145. The molecule has 8 nitrogen and oxygen atoms in total. The Morgan fingerprint density at radius 1 is 1.35 bits per heavy atom. The molecule has 1 aliphatic heterocycles. The Morgan fingerprint density at radius 2 is 2.00 bits per heavy atom. The van der Waals surface area contributed by atoms with Crippen molar-refractivity contribution in [2.45, 2.75) is 4.90 Å². The fraction of sp³-hybridized carbons (Fsp3) is 0.273. The summed E-state index contributed by atoms with van der Waals surface area (Å²) in [7, 11) is -3.84. The largest absolute Gasteiger partial charge is 0.481 e. The van der Waals surface area contributed by atoms with Gasteiger partial charge in [-0.25, -0.2) is 18.4 Å². The topological polar surface area (TPSA) is 130 Å². The van der Waals surface area contributed by atoms with E-state index in [-0.39, 0.29) is 23.7 Å². The van der Waals surface area contributed by atoms with Gasteiger partial charge in [0.05, 0.1) is 10.8 Å². The van der Waals surface area contributed by atoms with Crippen molar-refractivity contribution in [2.24, 2.45) is 11.1 Å². The minimum absolute atomic E-state index is 0.109. The molecule has 20 heavy (non-hydrogen) atoms. The maximum Gasteiger partial charge on any atom is 0.321 e. The lowest BCUT2D eigenvalue weighted by atomic mass is 10.0. The molecule has 1 aromatic carbocycles. The molecule has 0 spiro atoms. The molecule has 1 aliphatic rings. The van der Waals surface area contributed by atoms with Crippen LogP contribution in [0.1, 0.15) is 0 Å². The maximum absolute atomic E-state index is 11.8. The zero-order valence-electron chi connectivity index (χ0n) is 10.3. The average Bonchev–Trinajstić information content (AvgIpc) is 2.25. The molecule has 0 aliphatic carbocycles. The highest BCUT2D eigenvalue weighted by Crippen LogP contribution is 2.19. The number of carboxylic acids is 1. The van der Waals surface area contributed by atoms with Crippen LogP contribution in [0, 0.1) is 5.92 Å². The van der Waals surface area contributed by atoms with Gasteiger partial charge in [0.25, 0.3) is 0 Å². The Hall–Kier alpha value is -2.13. The van der Waals surface area contributed by atoms with Gasteiger partial charge in [-0.1, -0.05) is 6.07 Å². The maximum atomic E-state index is 11.8. The Balaban J connectivity index is 2.01. The summed E-state index contributed by atoms with van der Waals surface area (Å²) in [4.78, 5) is 23.6. The average molecular weight is 299 g/mol. The first-order chi connectivity index (χ1) is 9.27. The van der Waals surface area contributed by atoms with E-state index in [1.165, 1.54) is 29.2 Å². The SMILES string of the molecule is NS(=O)(=O)c1cccc(NC(=O)N2CC(C(=O)O)C2)c1. The van der Waals surface area contributed by atoms with E-state index in [1.54, 1.807) is 0 Å². The van der Waals surface area contributed by atoms with E-state index in [9.17, 15) is 18.0 Å². The van der Waals surface area contributed by atoms with E-state index in [1.807, 2.05) is 0 Å². The number of urea groups is 1. The van der Waals surface area contributed by atoms with Crippen molar-refractivity contribution in [2.75, 3.05) is 18.4 Å². The molecule has 1 aromatic rings. The summed E-state index contributed by atoms with van der Waals surface area (Å²) in [5, 5.41) is 16.2. The van der Waals surface area contributed by atoms with Crippen molar-refractivity contribution in [3.05, 3.63) is 24.3 Å². The Kier molecular flexibility index (Phi) is 3.64. The van der Waals surface area contributed by atoms with E-state index >= 15 is 0 Å². The number of hydrogen-bond donors (Lipinski definition) is 3. The molecule has 0 saturated carbocycles. The summed E-state index contributed by atoms with van der Waals surface area (Å²) >= 11 is 0. The van der Waals surface area contributed by atoms with Crippen molar-refractivity contribution in [1.29, 1.82) is 0 Å². The number of rotatable bonds is 3. The zero-order valence-corrected chi connectivity index (χ0v) is 11.1. The lowest BCUT2D eigenvalue weighted by Gasteiger charge is -2.36. The number of nitrogens with two attached hydrogens (primary N) is 1. The molecule has 1 heterocycles. The van der Waals surface area contributed by atoms with E-state index in [0.29, 0.717) is 0 Å². The predicted octanol–water partition coefficient (Wildman–Crippen LogP) is -0.118. The molecule has 2 amide bonds. The van der Waals surface area contributed by atoms with Crippen molar-refractivity contribution in [3.8, 4) is 0 Å². The second-order valence-electron chi connectivity index (χ2n) is 4.44. The number of anilines is 1. The van der Waals surface area contributed by atoms with Gasteiger partial charge in [0.2, 0.25) is 10.0 Å². The molecule has 2 rings (SSSR count). The zero-order chi connectivity index (χ0) is 14.9. The van der Waals surface area contributed by atoms with Crippen molar-refractivity contribution in [3.63, 3.8) is 0 Å². The van der Waals surface area contributed by atoms with Crippen LogP contribution in [0.5, 0.6) is 0 Å². The third kappa shape index (κ3) is 3.06. The van der Waals surface area contributed by atoms with Gasteiger partial charge >= 0.3 is 12.0 Å². The molecule has 0 bridgehead atoms. The molecule has 0 radical (unpaired) electrons. The number of sulfonamides is 1. The number of hydrogen-bond acceptors (Lipinski definition) is 4. The van der Waals surface area contributed by atoms with Gasteiger partial charge in [0.15, 0.2) is 0 Å². The number of carboxylic acid groups (broad SMARTS) is 1. The third-order valence-electron chi connectivity index (χ3n) is 2.93. The van der Waals surface area contributed by atoms with Crippen LogP contribution < -0.4 is 10.5 Å². The molecule has 1 saturated heterocycles. The van der Waals surface area contributed by atoms with Gasteiger partial charge in [-0.2, -0.15) is 0 Å². The van der Waals surface area contributed by atoms with Crippen LogP contribution in [-0.4, -0.2) is 43.5 Å². The highest BCUT2D eigenvalue weighted by Gasteiger charge is 2.35. The fourth-order valence-electron chi connectivity index (χ4n) is 1.75. The van der Waals surface area contributed by atoms with E-state index in [4.69, 9.17) is 10.2 Å². The first-order valence-corrected chi connectivity index (χ1v) is 7.23. The third-order valence-corrected chi connectivity index (χ3v) is 3.84. The summed E-state index contributed by atoms with van der Waals surface area (Å²) in [5.74, 6) is -1.48. The summed E-state index contributed by atoms with van der Waals surface area (Å²) in [6.45, 7) is 0.270. The molecule has 0 unspecified atom stereocenters. The normalized spacial score (nSPS) is 15.6. The molecule has 9 heteroatoms. The van der Waals surface area contributed by atoms with E-state index < -0.39 is 27.9 Å². The van der Waals surface area contributed by atoms with Gasteiger partial charge in [-0.15, -0.1) is 0 Å². The summed E-state index contributed by atoms with van der Waals surface area (Å²) in [6.07, 6.45) is 0. The van der Waals surface area contributed by atoms with Crippen molar-refractivity contribution >= 4 is 27.7 Å². The highest BCUT2D eigenvalue weighted by molar-refractivity contribution is 7.89. The quantitative estimate of drug-likeness (QED) is 0.716. The van der Waals surface area contributed by atoms with Gasteiger partial charge in [-0.05, 0) is 18.2 Å². The second-order valence-corrected chi connectivity index (χ2v) is 6.00. The number of likely N-dealkylation sites (tertiary alicyclic amines) is 1. The van der Waals surface area contributed by atoms with Crippen LogP contribution >= 0.6 is 0 Å². The van der Waals surface area contributed by atoms with E-state index in [2.05, 4.69) is 5.32 Å². The smallest absolute Gasteiger partial charge is 0.321 e. The van der Waals surface area contributed by atoms with Crippen molar-refractivity contribution in [1.82, 2.24) is 4.90 Å². The lowest BCUT2D eigenvalue weighted by Crippen LogP contribution is -2.54. The van der Waals surface area contributed by atoms with Crippen LogP contribution in [0.15, 0.2) is 29.2 Å². The Morgan fingerprint density at radius 3 is 2.55 bits per heavy atom. The number of carbonyl (C=O) groups is 2. The standard InChI is InChI=1S/C11H13N3O5S/c12-20(18,19)9-3-1-2-8(4-9)13-11(17)14-5-7(6-14)10(15)16/h1-4,7H,5-6H2,(H,13,17)(H,15,16)(H2,12,18,19). The first kappa shape index (κ1) is 14.3. The molecule has 0 atom stereocenters. The molecule has 1 fully saturated rings. The van der Waals surface area contributed by atoms with E-state index in [0.717, 1.165) is 0 Å². The number of nitrogens with zero attached hydrogens (tertiary/aromatic N) is 1. The Labute approximate surface area is 115 Å². The molecule has 108 valence electrons. The van der Waals surface area contributed by atoms with Crippen LogP contribution in [0.25, 0.3) is 0 Å². The molecule has 0 aromatic heterocycles. The van der Waals surface area contributed by atoms with Crippen LogP contribution in [0.4, 0.5) is 10.5 Å².